The van der Waals surface area contributed by atoms with Crippen molar-refractivity contribution in [2.24, 2.45) is 0 Å². The molecule has 0 saturated heterocycles. The van der Waals surface area contributed by atoms with Crippen LogP contribution in [0.4, 0.5) is 0 Å². The van der Waals surface area contributed by atoms with Gasteiger partial charge in [0, 0.05) is 5.02 Å². The summed E-state index contributed by atoms with van der Waals surface area (Å²) >= 11 is 5.81. The molecule has 0 heterocycles. The first kappa shape index (κ1) is 11.2. The van der Waals surface area contributed by atoms with Gasteiger partial charge in [-0.1, -0.05) is 48.0 Å². The maximum atomic E-state index is 10.2. The third kappa shape index (κ3) is 2.26. The highest BCUT2D eigenvalue weighted by atomic mass is 35.5. The quantitative estimate of drug-likeness (QED) is 0.837. The smallest absolute Gasteiger partial charge is 0.104 e. The van der Waals surface area contributed by atoms with E-state index in [2.05, 4.69) is 0 Å². The van der Waals surface area contributed by atoms with E-state index in [4.69, 9.17) is 11.6 Å². The molecule has 2 aromatic carbocycles. The van der Waals surface area contributed by atoms with Gasteiger partial charge in [-0.05, 0) is 35.7 Å². The average Bonchev–Trinajstić information content (AvgIpc) is 2.30. The van der Waals surface area contributed by atoms with Gasteiger partial charge in [-0.3, -0.25) is 0 Å². The lowest BCUT2D eigenvalue weighted by Crippen LogP contribution is -2.01. The van der Waals surface area contributed by atoms with Gasteiger partial charge >= 0.3 is 0 Å². The number of aryl methyl sites for hydroxylation is 1. The fraction of sp³-hybridized carbons (Fsp3) is 0.143. The van der Waals surface area contributed by atoms with Crippen LogP contribution in [0.25, 0.3) is 0 Å². The average molecular weight is 233 g/mol. The minimum atomic E-state index is -0.585. The molecule has 2 aromatic rings. The van der Waals surface area contributed by atoms with E-state index in [-0.39, 0.29) is 0 Å². The fourth-order valence-corrected chi connectivity index (χ4v) is 1.84. The number of hydrogen-bond donors (Lipinski definition) is 1. The number of benzene rings is 2. The molecule has 0 radical (unpaired) electrons. The molecule has 0 aliphatic rings. The highest BCUT2D eigenvalue weighted by Crippen LogP contribution is 2.25. The molecule has 0 aliphatic carbocycles. The largest absolute Gasteiger partial charge is 0.384 e. The zero-order valence-corrected chi connectivity index (χ0v) is 9.78. The van der Waals surface area contributed by atoms with Gasteiger partial charge in [0.1, 0.15) is 6.10 Å². The van der Waals surface area contributed by atoms with Gasteiger partial charge in [0.05, 0.1) is 0 Å². The Hall–Kier alpha value is -1.31. The highest BCUT2D eigenvalue weighted by molar-refractivity contribution is 6.30. The normalized spacial score (nSPS) is 12.4. The van der Waals surface area contributed by atoms with Crippen molar-refractivity contribution in [3.63, 3.8) is 0 Å². The second-order valence-electron chi connectivity index (χ2n) is 3.81. The lowest BCUT2D eigenvalue weighted by atomic mass is 9.98. The first-order valence-electron chi connectivity index (χ1n) is 5.17. The van der Waals surface area contributed by atoms with Crippen molar-refractivity contribution in [2.45, 2.75) is 13.0 Å². The van der Waals surface area contributed by atoms with E-state index in [1.165, 1.54) is 0 Å². The fourth-order valence-electron chi connectivity index (χ4n) is 1.72. The minimum absolute atomic E-state index is 0.585. The molecule has 82 valence electrons. The molecule has 2 heteroatoms. The molecule has 1 nitrogen and oxygen atoms in total. The molecule has 0 unspecified atom stereocenters. The molecule has 16 heavy (non-hydrogen) atoms. The Labute approximate surface area is 100 Å². The monoisotopic (exact) mass is 232 g/mol. The maximum absolute atomic E-state index is 10.2. The van der Waals surface area contributed by atoms with Crippen molar-refractivity contribution in [1.29, 1.82) is 0 Å². The van der Waals surface area contributed by atoms with Gasteiger partial charge in [0.25, 0.3) is 0 Å². The van der Waals surface area contributed by atoms with Crippen LogP contribution >= 0.6 is 11.6 Å². The first-order valence-corrected chi connectivity index (χ1v) is 5.55. The predicted octanol–water partition coefficient (Wildman–Crippen LogP) is 3.73. The first-order chi connectivity index (χ1) is 7.68. The zero-order valence-electron chi connectivity index (χ0n) is 9.02. The summed E-state index contributed by atoms with van der Waals surface area (Å²) in [4.78, 5) is 0. The van der Waals surface area contributed by atoms with Gasteiger partial charge in [0.2, 0.25) is 0 Å². The van der Waals surface area contributed by atoms with Crippen molar-refractivity contribution in [2.75, 3.05) is 0 Å². The Morgan fingerprint density at radius 3 is 2.25 bits per heavy atom. The number of halogens is 1. The summed E-state index contributed by atoms with van der Waals surface area (Å²) in [5, 5.41) is 10.9. The van der Waals surface area contributed by atoms with E-state index in [1.54, 1.807) is 12.1 Å². The van der Waals surface area contributed by atoms with E-state index in [1.807, 2.05) is 43.3 Å². The second kappa shape index (κ2) is 4.69. The number of rotatable bonds is 2. The molecule has 1 N–H and O–H groups in total. The van der Waals surface area contributed by atoms with Crippen LogP contribution < -0.4 is 0 Å². The molecular formula is C14H13ClO. The highest BCUT2D eigenvalue weighted by Gasteiger charge is 2.11. The lowest BCUT2D eigenvalue weighted by molar-refractivity contribution is 0.219. The van der Waals surface area contributed by atoms with Crippen molar-refractivity contribution in [3.8, 4) is 0 Å². The molecule has 0 spiro atoms. The molecule has 1 atom stereocenters. The standard InChI is InChI=1S/C14H13ClO/c1-10-4-2-3-5-13(10)14(16)11-6-8-12(15)9-7-11/h2-9,14,16H,1H3/t14-/m1/s1. The van der Waals surface area contributed by atoms with Crippen LogP contribution in [0.2, 0.25) is 5.02 Å². The van der Waals surface area contributed by atoms with E-state index in [9.17, 15) is 5.11 Å². The molecular weight excluding hydrogens is 220 g/mol. The van der Waals surface area contributed by atoms with Crippen LogP contribution in [-0.2, 0) is 0 Å². The summed E-state index contributed by atoms with van der Waals surface area (Å²) < 4.78 is 0. The molecule has 0 amide bonds. The lowest BCUT2D eigenvalue weighted by Gasteiger charge is -2.13. The van der Waals surface area contributed by atoms with E-state index >= 15 is 0 Å². The zero-order chi connectivity index (χ0) is 11.5. The number of aliphatic hydroxyl groups is 1. The summed E-state index contributed by atoms with van der Waals surface area (Å²) in [7, 11) is 0. The van der Waals surface area contributed by atoms with Crippen molar-refractivity contribution >= 4 is 11.6 Å². The van der Waals surface area contributed by atoms with Crippen LogP contribution in [0.1, 0.15) is 22.8 Å². The Balaban J connectivity index is 2.35. The summed E-state index contributed by atoms with van der Waals surface area (Å²) in [5.41, 5.74) is 2.88. The molecule has 2 rings (SSSR count). The Bertz CT molecular complexity index is 476. The summed E-state index contributed by atoms with van der Waals surface area (Å²) in [5.74, 6) is 0. The van der Waals surface area contributed by atoms with Gasteiger partial charge in [-0.25, -0.2) is 0 Å². The molecule has 0 bridgehead atoms. The minimum Gasteiger partial charge on any atom is -0.384 e. The van der Waals surface area contributed by atoms with Gasteiger partial charge in [0.15, 0.2) is 0 Å². The van der Waals surface area contributed by atoms with Crippen molar-refractivity contribution in [3.05, 3.63) is 70.2 Å². The second-order valence-corrected chi connectivity index (χ2v) is 4.25. The van der Waals surface area contributed by atoms with Gasteiger partial charge in [-0.15, -0.1) is 0 Å². The van der Waals surface area contributed by atoms with Crippen LogP contribution in [0.15, 0.2) is 48.5 Å². The van der Waals surface area contributed by atoms with Crippen LogP contribution in [0.5, 0.6) is 0 Å². The van der Waals surface area contributed by atoms with Crippen molar-refractivity contribution in [1.82, 2.24) is 0 Å². The topological polar surface area (TPSA) is 20.2 Å². The summed E-state index contributed by atoms with van der Waals surface area (Å²) in [6.45, 7) is 1.99. The van der Waals surface area contributed by atoms with E-state index in [0.29, 0.717) is 5.02 Å². The predicted molar refractivity (Wildman–Crippen MR) is 66.7 cm³/mol. The Kier molecular flexibility index (Phi) is 3.28. The number of aliphatic hydroxyl groups excluding tert-OH is 1. The Morgan fingerprint density at radius 1 is 1.00 bits per heavy atom. The Morgan fingerprint density at radius 2 is 1.62 bits per heavy atom. The SMILES string of the molecule is Cc1ccccc1[C@H](O)c1ccc(Cl)cc1. The molecule has 0 aromatic heterocycles. The van der Waals surface area contributed by atoms with Crippen LogP contribution in [0.3, 0.4) is 0 Å². The number of hydrogen-bond acceptors (Lipinski definition) is 1. The molecule has 0 fully saturated rings. The summed E-state index contributed by atoms with van der Waals surface area (Å²) in [6, 6.07) is 15.1. The third-order valence-electron chi connectivity index (χ3n) is 2.67. The molecule has 0 saturated carbocycles. The van der Waals surface area contributed by atoms with E-state index in [0.717, 1.165) is 16.7 Å². The molecule has 0 aliphatic heterocycles. The third-order valence-corrected chi connectivity index (χ3v) is 2.92. The van der Waals surface area contributed by atoms with Crippen LogP contribution in [0, 0.1) is 6.92 Å². The van der Waals surface area contributed by atoms with Crippen molar-refractivity contribution < 1.29 is 5.11 Å². The van der Waals surface area contributed by atoms with Crippen LogP contribution in [-0.4, -0.2) is 5.11 Å². The maximum Gasteiger partial charge on any atom is 0.104 e. The van der Waals surface area contributed by atoms with Gasteiger partial charge in [-0.2, -0.15) is 0 Å². The summed E-state index contributed by atoms with van der Waals surface area (Å²) in [6.07, 6.45) is -0.585. The van der Waals surface area contributed by atoms with E-state index < -0.39 is 6.10 Å². The van der Waals surface area contributed by atoms with Gasteiger partial charge < -0.3 is 5.11 Å².